The third-order valence-electron chi connectivity index (χ3n) is 4.92. The van der Waals surface area contributed by atoms with Crippen molar-refractivity contribution in [1.82, 2.24) is 10.2 Å². The standard InChI is InChI=1S/C23H29ClFN3O4S/c1-16(2)13-26-23(30)17(3)27(14-18-8-6-5-7-9-18)22(29)15-28(33(4,31)32)19-10-11-21(25)20(24)12-19/h5-12,16-17H,13-15H2,1-4H3,(H,26,30)/t17-/m0/s1. The molecule has 1 N–H and O–H groups in total. The molecule has 33 heavy (non-hydrogen) atoms. The van der Waals surface area contributed by atoms with Crippen LogP contribution in [-0.2, 0) is 26.2 Å². The van der Waals surface area contributed by atoms with Crippen molar-refractivity contribution in [3.63, 3.8) is 0 Å². The van der Waals surface area contributed by atoms with Crippen molar-refractivity contribution in [3.05, 3.63) is 64.9 Å². The highest BCUT2D eigenvalue weighted by molar-refractivity contribution is 7.92. The maximum atomic E-state index is 13.6. The van der Waals surface area contributed by atoms with E-state index in [-0.39, 0.29) is 29.1 Å². The molecule has 0 saturated heterocycles. The summed E-state index contributed by atoms with van der Waals surface area (Å²) in [6.45, 7) is 5.48. The Kier molecular flexibility index (Phi) is 9.25. The number of carbonyl (C=O) groups excluding carboxylic acids is 2. The molecule has 0 saturated carbocycles. The predicted octanol–water partition coefficient (Wildman–Crippen LogP) is 3.43. The van der Waals surface area contributed by atoms with Gasteiger partial charge >= 0.3 is 0 Å². The van der Waals surface area contributed by atoms with E-state index in [9.17, 15) is 22.4 Å². The number of nitrogens with one attached hydrogen (secondary N) is 1. The molecule has 0 aromatic heterocycles. The molecule has 0 aliphatic carbocycles. The van der Waals surface area contributed by atoms with Crippen LogP contribution >= 0.6 is 11.6 Å². The number of nitrogens with zero attached hydrogens (tertiary/aromatic N) is 2. The minimum absolute atomic E-state index is 0.0498. The van der Waals surface area contributed by atoms with E-state index < -0.39 is 34.3 Å². The van der Waals surface area contributed by atoms with Crippen molar-refractivity contribution in [2.24, 2.45) is 5.92 Å². The molecule has 0 radical (unpaired) electrons. The number of hydrogen-bond donors (Lipinski definition) is 1. The maximum absolute atomic E-state index is 13.6. The number of amides is 2. The second-order valence-corrected chi connectivity index (χ2v) is 10.5. The molecule has 7 nitrogen and oxygen atoms in total. The second-order valence-electron chi connectivity index (χ2n) is 8.19. The number of halogens is 2. The lowest BCUT2D eigenvalue weighted by Gasteiger charge is -2.31. The Balaban J connectivity index is 2.36. The quantitative estimate of drug-likeness (QED) is 0.544. The van der Waals surface area contributed by atoms with E-state index in [2.05, 4.69) is 5.32 Å². The summed E-state index contributed by atoms with van der Waals surface area (Å²) in [6.07, 6.45) is 0.942. The van der Waals surface area contributed by atoms with Crippen LogP contribution in [0.25, 0.3) is 0 Å². The van der Waals surface area contributed by atoms with Gasteiger partial charge in [-0.3, -0.25) is 13.9 Å². The van der Waals surface area contributed by atoms with Gasteiger partial charge in [0.15, 0.2) is 0 Å². The molecule has 0 heterocycles. The molecule has 2 aromatic carbocycles. The van der Waals surface area contributed by atoms with Gasteiger partial charge in [0.25, 0.3) is 0 Å². The van der Waals surface area contributed by atoms with E-state index >= 15 is 0 Å². The van der Waals surface area contributed by atoms with Gasteiger partial charge in [-0.25, -0.2) is 12.8 Å². The summed E-state index contributed by atoms with van der Waals surface area (Å²) in [5, 5.41) is 2.54. The highest BCUT2D eigenvalue weighted by Gasteiger charge is 2.30. The first-order valence-electron chi connectivity index (χ1n) is 10.4. The fraction of sp³-hybridized carbons (Fsp3) is 0.391. The van der Waals surface area contributed by atoms with E-state index in [0.717, 1.165) is 28.3 Å². The maximum Gasteiger partial charge on any atom is 0.244 e. The van der Waals surface area contributed by atoms with Gasteiger partial charge in [-0.15, -0.1) is 0 Å². The van der Waals surface area contributed by atoms with Crippen LogP contribution in [0, 0.1) is 11.7 Å². The van der Waals surface area contributed by atoms with Gasteiger partial charge < -0.3 is 10.2 Å². The number of benzene rings is 2. The molecule has 10 heteroatoms. The molecule has 0 unspecified atom stereocenters. The Bertz CT molecular complexity index is 1080. The molecule has 2 amide bonds. The predicted molar refractivity (Wildman–Crippen MR) is 128 cm³/mol. The Morgan fingerprint density at radius 3 is 2.27 bits per heavy atom. The summed E-state index contributed by atoms with van der Waals surface area (Å²) in [7, 11) is -3.91. The topological polar surface area (TPSA) is 86.8 Å². The first kappa shape index (κ1) is 26.6. The first-order chi connectivity index (χ1) is 15.4. The number of carbonyl (C=O) groups is 2. The van der Waals surface area contributed by atoms with Crippen LogP contribution in [0.2, 0.25) is 5.02 Å². The van der Waals surface area contributed by atoms with Crippen molar-refractivity contribution >= 4 is 39.1 Å². The molecule has 2 rings (SSSR count). The molecule has 0 spiro atoms. The average molecular weight is 498 g/mol. The van der Waals surface area contributed by atoms with E-state index in [4.69, 9.17) is 11.6 Å². The molecule has 0 bridgehead atoms. The van der Waals surface area contributed by atoms with E-state index in [1.807, 2.05) is 44.2 Å². The van der Waals surface area contributed by atoms with Crippen molar-refractivity contribution in [1.29, 1.82) is 0 Å². The smallest absolute Gasteiger partial charge is 0.244 e. The van der Waals surface area contributed by atoms with Gasteiger partial charge in [0.1, 0.15) is 18.4 Å². The molecule has 0 fully saturated rings. The van der Waals surface area contributed by atoms with E-state index in [0.29, 0.717) is 6.54 Å². The number of anilines is 1. The minimum atomic E-state index is -3.91. The second kappa shape index (κ2) is 11.5. The lowest BCUT2D eigenvalue weighted by molar-refractivity contribution is -0.139. The summed E-state index contributed by atoms with van der Waals surface area (Å²) in [5.74, 6) is -1.41. The summed E-state index contributed by atoms with van der Waals surface area (Å²) >= 11 is 5.82. The number of hydrogen-bond acceptors (Lipinski definition) is 4. The third kappa shape index (κ3) is 7.71. The van der Waals surface area contributed by atoms with Gasteiger partial charge in [-0.1, -0.05) is 55.8 Å². The molecule has 1 atom stereocenters. The van der Waals surface area contributed by atoms with Gasteiger partial charge in [-0.05, 0) is 36.6 Å². The van der Waals surface area contributed by atoms with Crippen LogP contribution in [0.5, 0.6) is 0 Å². The first-order valence-corrected chi connectivity index (χ1v) is 12.7. The summed E-state index contributed by atoms with van der Waals surface area (Å²) in [4.78, 5) is 27.4. The van der Waals surface area contributed by atoms with Gasteiger partial charge in [0.05, 0.1) is 17.0 Å². The molecule has 0 aliphatic rings. The zero-order valence-electron chi connectivity index (χ0n) is 19.1. The van der Waals surface area contributed by atoms with Crippen LogP contribution in [0.3, 0.4) is 0 Å². The van der Waals surface area contributed by atoms with Crippen LogP contribution in [0.15, 0.2) is 48.5 Å². The van der Waals surface area contributed by atoms with Crippen molar-refractivity contribution in [3.8, 4) is 0 Å². The number of rotatable bonds is 10. The summed E-state index contributed by atoms with van der Waals surface area (Å²) < 4.78 is 39.4. The Hall–Kier alpha value is -2.65. The minimum Gasteiger partial charge on any atom is -0.354 e. The van der Waals surface area contributed by atoms with E-state index in [1.54, 1.807) is 6.92 Å². The van der Waals surface area contributed by atoms with Gasteiger partial charge in [-0.2, -0.15) is 0 Å². The fourth-order valence-electron chi connectivity index (χ4n) is 3.07. The third-order valence-corrected chi connectivity index (χ3v) is 6.35. The van der Waals surface area contributed by atoms with Gasteiger partial charge in [0, 0.05) is 13.1 Å². The van der Waals surface area contributed by atoms with Crippen molar-refractivity contribution in [2.75, 3.05) is 23.7 Å². The lowest BCUT2D eigenvalue weighted by atomic mass is 10.1. The highest BCUT2D eigenvalue weighted by Crippen LogP contribution is 2.25. The van der Waals surface area contributed by atoms with Crippen molar-refractivity contribution in [2.45, 2.75) is 33.4 Å². The van der Waals surface area contributed by atoms with Crippen LogP contribution < -0.4 is 9.62 Å². The molecular weight excluding hydrogens is 469 g/mol. The SMILES string of the molecule is CC(C)CNC(=O)[C@H](C)N(Cc1ccccc1)C(=O)CN(c1ccc(F)c(Cl)c1)S(C)(=O)=O. The molecule has 2 aromatic rings. The number of sulfonamides is 1. The zero-order valence-corrected chi connectivity index (χ0v) is 20.7. The largest absolute Gasteiger partial charge is 0.354 e. The fourth-order valence-corrected chi connectivity index (χ4v) is 4.09. The van der Waals surface area contributed by atoms with Crippen LogP contribution in [0.4, 0.5) is 10.1 Å². The van der Waals surface area contributed by atoms with Crippen LogP contribution in [-0.4, -0.2) is 50.5 Å². The Labute approximate surface area is 199 Å². The Morgan fingerprint density at radius 1 is 1.09 bits per heavy atom. The molecule has 0 aliphatic heterocycles. The van der Waals surface area contributed by atoms with Gasteiger partial charge in [0.2, 0.25) is 21.8 Å². The molecular formula is C23H29ClFN3O4S. The monoisotopic (exact) mass is 497 g/mol. The van der Waals surface area contributed by atoms with Crippen molar-refractivity contribution < 1.29 is 22.4 Å². The van der Waals surface area contributed by atoms with Crippen LogP contribution in [0.1, 0.15) is 26.3 Å². The lowest BCUT2D eigenvalue weighted by Crippen LogP contribution is -2.51. The van der Waals surface area contributed by atoms with E-state index in [1.165, 1.54) is 11.0 Å². The zero-order chi connectivity index (χ0) is 24.8. The Morgan fingerprint density at radius 2 is 1.73 bits per heavy atom. The average Bonchev–Trinajstić information content (AvgIpc) is 2.75. The summed E-state index contributed by atoms with van der Waals surface area (Å²) in [5.41, 5.74) is 0.832. The summed E-state index contributed by atoms with van der Waals surface area (Å²) in [6, 6.07) is 11.6. The normalized spacial score (nSPS) is 12.3. The molecule has 180 valence electrons. The highest BCUT2D eigenvalue weighted by atomic mass is 35.5.